The number of aryl methyl sites for hydroxylation is 1. The molecule has 7 heteroatoms. The van der Waals surface area contributed by atoms with Crippen LogP contribution in [0.25, 0.3) is 0 Å². The smallest absolute Gasteiger partial charge is 0.346 e. The Labute approximate surface area is 152 Å². The lowest BCUT2D eigenvalue weighted by Gasteiger charge is -2.27. The van der Waals surface area contributed by atoms with Gasteiger partial charge in [0.1, 0.15) is 17.6 Å². The van der Waals surface area contributed by atoms with Gasteiger partial charge in [-0.05, 0) is 43.4 Å². The average molecular weight is 356 g/mol. The standard InChI is InChI=1S/C19H24N4O3/c1-26-15-7-4-6-14(12-15)13-22-19(25)23-16(8-5-9-17(23)20-22)18(24)21-10-2-3-11-21/h4,6-7,12,16H,2-3,5,8-11,13H2,1H3/t16-/m1/s1. The summed E-state index contributed by atoms with van der Waals surface area (Å²) in [6.45, 7) is 1.98. The van der Waals surface area contributed by atoms with Crippen LogP contribution in [0.1, 0.15) is 43.1 Å². The van der Waals surface area contributed by atoms with Gasteiger partial charge in [-0.3, -0.25) is 9.36 Å². The molecular formula is C19H24N4O3. The van der Waals surface area contributed by atoms with Crippen molar-refractivity contribution in [3.8, 4) is 5.75 Å². The van der Waals surface area contributed by atoms with Gasteiger partial charge in [0, 0.05) is 19.5 Å². The molecule has 26 heavy (non-hydrogen) atoms. The van der Waals surface area contributed by atoms with Crippen molar-refractivity contribution in [3.63, 3.8) is 0 Å². The number of hydrogen-bond donors (Lipinski definition) is 0. The number of rotatable bonds is 4. The van der Waals surface area contributed by atoms with Crippen molar-refractivity contribution >= 4 is 5.91 Å². The maximum Gasteiger partial charge on any atom is 0.346 e. The summed E-state index contributed by atoms with van der Waals surface area (Å²) in [4.78, 5) is 27.7. The maximum atomic E-state index is 13.0. The minimum atomic E-state index is -0.400. The van der Waals surface area contributed by atoms with Crippen LogP contribution >= 0.6 is 0 Å². The van der Waals surface area contributed by atoms with Crippen LogP contribution in [0.3, 0.4) is 0 Å². The first-order valence-electron chi connectivity index (χ1n) is 9.27. The molecule has 0 bridgehead atoms. The lowest BCUT2D eigenvalue weighted by Crippen LogP contribution is -2.41. The van der Waals surface area contributed by atoms with Crippen molar-refractivity contribution in [2.24, 2.45) is 0 Å². The van der Waals surface area contributed by atoms with E-state index in [1.165, 1.54) is 4.68 Å². The third kappa shape index (κ3) is 3.02. The fourth-order valence-corrected chi connectivity index (χ4v) is 3.96. The van der Waals surface area contributed by atoms with Gasteiger partial charge >= 0.3 is 5.69 Å². The summed E-state index contributed by atoms with van der Waals surface area (Å²) in [7, 11) is 1.62. The fraction of sp³-hybridized carbons (Fsp3) is 0.526. The molecule has 0 N–H and O–H groups in total. The van der Waals surface area contributed by atoms with Gasteiger partial charge in [0.2, 0.25) is 5.91 Å². The first-order chi connectivity index (χ1) is 12.7. The first kappa shape index (κ1) is 16.9. The zero-order chi connectivity index (χ0) is 18.1. The van der Waals surface area contributed by atoms with Crippen molar-refractivity contribution < 1.29 is 9.53 Å². The molecule has 1 aromatic carbocycles. The Kier molecular flexibility index (Phi) is 4.53. The monoisotopic (exact) mass is 356 g/mol. The number of aromatic nitrogens is 3. The van der Waals surface area contributed by atoms with Crippen molar-refractivity contribution in [1.29, 1.82) is 0 Å². The molecule has 1 saturated heterocycles. The number of carbonyl (C=O) groups excluding carboxylic acids is 1. The Morgan fingerprint density at radius 3 is 2.85 bits per heavy atom. The molecule has 1 amide bonds. The predicted molar refractivity (Wildman–Crippen MR) is 96.4 cm³/mol. The lowest BCUT2D eigenvalue weighted by molar-refractivity contribution is -0.134. The minimum absolute atomic E-state index is 0.0754. The normalized spacial score (nSPS) is 19.4. The quantitative estimate of drug-likeness (QED) is 0.834. The average Bonchev–Trinajstić information content (AvgIpc) is 3.30. The van der Waals surface area contributed by atoms with Gasteiger partial charge in [-0.15, -0.1) is 0 Å². The number of fused-ring (bicyclic) bond motifs is 1. The van der Waals surface area contributed by atoms with Crippen molar-refractivity contribution in [2.75, 3.05) is 20.2 Å². The van der Waals surface area contributed by atoms with Crippen LogP contribution in [0.2, 0.25) is 0 Å². The zero-order valence-electron chi connectivity index (χ0n) is 15.1. The molecule has 3 heterocycles. The highest BCUT2D eigenvalue weighted by Gasteiger charge is 2.34. The number of hydrogen-bond acceptors (Lipinski definition) is 4. The Hall–Kier alpha value is -2.57. The summed E-state index contributed by atoms with van der Waals surface area (Å²) in [6, 6.07) is 7.21. The first-order valence-corrected chi connectivity index (χ1v) is 9.27. The number of amides is 1. The second kappa shape index (κ2) is 6.97. The number of ether oxygens (including phenoxy) is 1. The summed E-state index contributed by atoms with van der Waals surface area (Å²) in [5.41, 5.74) is 0.754. The highest BCUT2D eigenvalue weighted by atomic mass is 16.5. The van der Waals surface area contributed by atoms with E-state index in [-0.39, 0.29) is 11.6 Å². The predicted octanol–water partition coefficient (Wildman–Crippen LogP) is 1.60. The highest BCUT2D eigenvalue weighted by molar-refractivity contribution is 5.80. The summed E-state index contributed by atoms with van der Waals surface area (Å²) in [6.07, 6.45) is 4.45. The molecule has 2 aromatic rings. The van der Waals surface area contributed by atoms with Crippen LogP contribution in [0.15, 0.2) is 29.1 Å². The Morgan fingerprint density at radius 1 is 1.27 bits per heavy atom. The van der Waals surface area contributed by atoms with Gasteiger partial charge in [0.15, 0.2) is 0 Å². The fourth-order valence-electron chi connectivity index (χ4n) is 3.96. The second-order valence-electron chi connectivity index (χ2n) is 7.02. The van der Waals surface area contributed by atoms with E-state index in [1.54, 1.807) is 11.7 Å². The van der Waals surface area contributed by atoms with Crippen molar-refractivity contribution in [1.82, 2.24) is 19.2 Å². The number of carbonyl (C=O) groups is 1. The van der Waals surface area contributed by atoms with E-state index in [0.29, 0.717) is 13.0 Å². The topological polar surface area (TPSA) is 69.4 Å². The van der Waals surface area contributed by atoms with Gasteiger partial charge < -0.3 is 9.64 Å². The molecule has 1 atom stereocenters. The van der Waals surface area contributed by atoms with E-state index in [2.05, 4.69) is 5.10 Å². The van der Waals surface area contributed by atoms with Crippen LogP contribution in [0.4, 0.5) is 0 Å². The van der Waals surface area contributed by atoms with Gasteiger partial charge in [-0.1, -0.05) is 12.1 Å². The Bertz CT molecular complexity index is 864. The molecule has 0 aliphatic carbocycles. The zero-order valence-corrected chi connectivity index (χ0v) is 15.1. The molecule has 1 aromatic heterocycles. The largest absolute Gasteiger partial charge is 0.497 e. The van der Waals surface area contributed by atoms with Crippen LogP contribution in [-0.4, -0.2) is 45.4 Å². The van der Waals surface area contributed by atoms with E-state index in [1.807, 2.05) is 29.2 Å². The van der Waals surface area contributed by atoms with Crippen LogP contribution < -0.4 is 10.4 Å². The molecule has 7 nitrogen and oxygen atoms in total. The van der Waals surface area contributed by atoms with Gasteiger partial charge in [0.25, 0.3) is 0 Å². The van der Waals surface area contributed by atoms with Crippen LogP contribution in [-0.2, 0) is 17.8 Å². The third-order valence-corrected chi connectivity index (χ3v) is 5.30. The molecule has 0 saturated carbocycles. The third-order valence-electron chi connectivity index (χ3n) is 5.30. The SMILES string of the molecule is COc1cccc(Cn2nc3n(c2=O)[C@@H](C(=O)N2CCCC2)CCC3)c1. The number of nitrogens with zero attached hydrogens (tertiary/aromatic N) is 4. The highest BCUT2D eigenvalue weighted by Crippen LogP contribution is 2.25. The molecule has 1 fully saturated rings. The molecule has 0 unspecified atom stereocenters. The van der Waals surface area contributed by atoms with Crippen molar-refractivity contribution in [2.45, 2.75) is 44.7 Å². The molecule has 2 aliphatic rings. The molecular weight excluding hydrogens is 332 g/mol. The molecule has 0 spiro atoms. The number of likely N-dealkylation sites (tertiary alicyclic amines) is 1. The number of benzene rings is 1. The van der Waals surface area contributed by atoms with Gasteiger partial charge in [-0.25, -0.2) is 9.48 Å². The second-order valence-corrected chi connectivity index (χ2v) is 7.02. The van der Waals surface area contributed by atoms with Crippen LogP contribution in [0, 0.1) is 0 Å². The Morgan fingerprint density at radius 2 is 2.08 bits per heavy atom. The Balaban J connectivity index is 1.63. The molecule has 4 rings (SSSR count). The van der Waals surface area contributed by atoms with E-state index in [0.717, 1.165) is 55.9 Å². The lowest BCUT2D eigenvalue weighted by atomic mass is 10.0. The maximum absolute atomic E-state index is 13.0. The van der Waals surface area contributed by atoms with E-state index >= 15 is 0 Å². The summed E-state index contributed by atoms with van der Waals surface area (Å²) >= 11 is 0. The van der Waals surface area contributed by atoms with Gasteiger partial charge in [0.05, 0.1) is 13.7 Å². The summed E-state index contributed by atoms with van der Waals surface area (Å²) < 4.78 is 8.35. The van der Waals surface area contributed by atoms with Crippen molar-refractivity contribution in [3.05, 3.63) is 46.1 Å². The molecule has 0 radical (unpaired) electrons. The molecule has 138 valence electrons. The van der Waals surface area contributed by atoms with Crippen LogP contribution in [0.5, 0.6) is 5.75 Å². The van der Waals surface area contributed by atoms with E-state index in [9.17, 15) is 9.59 Å². The number of methoxy groups -OCH3 is 1. The molecule has 2 aliphatic heterocycles. The summed E-state index contributed by atoms with van der Waals surface area (Å²) in [5.74, 6) is 1.55. The minimum Gasteiger partial charge on any atom is -0.497 e. The summed E-state index contributed by atoms with van der Waals surface area (Å²) in [5, 5.41) is 4.52. The van der Waals surface area contributed by atoms with Gasteiger partial charge in [-0.2, -0.15) is 5.10 Å². The van der Waals surface area contributed by atoms with E-state index < -0.39 is 6.04 Å². The van der Waals surface area contributed by atoms with E-state index in [4.69, 9.17) is 4.74 Å².